The molecule has 0 spiro atoms. The highest BCUT2D eigenvalue weighted by Crippen LogP contribution is 2.25. The molecule has 2 aromatic carbocycles. The average molecular weight is 435 g/mol. The van der Waals surface area contributed by atoms with E-state index in [0.29, 0.717) is 50.4 Å². The van der Waals surface area contributed by atoms with Gasteiger partial charge in [-0.1, -0.05) is 23.8 Å². The van der Waals surface area contributed by atoms with E-state index in [2.05, 4.69) is 4.98 Å². The van der Waals surface area contributed by atoms with Crippen LogP contribution in [-0.2, 0) is 11.2 Å². The lowest BCUT2D eigenvalue weighted by molar-refractivity contribution is -0.132. The predicted octanol–water partition coefficient (Wildman–Crippen LogP) is 5.15. The molecular weight excluding hydrogens is 407 g/mol. The largest absolute Gasteiger partial charge is 0.441 e. The molecule has 0 unspecified atom stereocenters. The molecule has 0 bridgehead atoms. The van der Waals surface area contributed by atoms with Crippen molar-refractivity contribution in [3.63, 3.8) is 0 Å². The van der Waals surface area contributed by atoms with E-state index < -0.39 is 0 Å². The normalized spacial score (nSPS) is 14.5. The van der Waals surface area contributed by atoms with Gasteiger partial charge < -0.3 is 9.32 Å². The number of Topliss-reactive ketones (excluding diaryl/α,β-unsaturated/α-hetero) is 1. The molecule has 4 rings (SSSR count). The fourth-order valence-electron chi connectivity index (χ4n) is 4.25. The van der Waals surface area contributed by atoms with Gasteiger partial charge in [-0.2, -0.15) is 0 Å². The summed E-state index contributed by atoms with van der Waals surface area (Å²) in [5.74, 6) is 0.923. The zero-order chi connectivity index (χ0) is 22.7. The van der Waals surface area contributed by atoms with E-state index in [0.717, 1.165) is 22.3 Å². The standard InChI is InChI=1S/C26H27FN2O3/c1-17-3-8-22(18(2)15-17)26(31)20-11-13-29(14-12-20)25(30)10-9-24-28-16-23(32-24)19-4-6-21(27)7-5-19/h3-8,15-16,20H,9-14H2,1-2H3. The average Bonchev–Trinajstić information content (AvgIpc) is 3.27. The van der Waals surface area contributed by atoms with Gasteiger partial charge in [-0.25, -0.2) is 9.37 Å². The van der Waals surface area contributed by atoms with Gasteiger partial charge in [0.05, 0.1) is 6.20 Å². The van der Waals surface area contributed by atoms with Crippen molar-refractivity contribution in [1.82, 2.24) is 9.88 Å². The van der Waals surface area contributed by atoms with Gasteiger partial charge in [0.1, 0.15) is 5.82 Å². The maximum Gasteiger partial charge on any atom is 0.223 e. The molecule has 1 aromatic heterocycles. The van der Waals surface area contributed by atoms with Crippen molar-refractivity contribution in [1.29, 1.82) is 0 Å². The molecule has 1 aliphatic heterocycles. The highest BCUT2D eigenvalue weighted by molar-refractivity contribution is 5.99. The first-order valence-corrected chi connectivity index (χ1v) is 11.0. The van der Waals surface area contributed by atoms with E-state index in [9.17, 15) is 14.0 Å². The molecule has 2 heterocycles. The Hall–Kier alpha value is -3.28. The summed E-state index contributed by atoms with van der Waals surface area (Å²) in [6.45, 7) is 5.18. The van der Waals surface area contributed by atoms with Crippen LogP contribution in [0.3, 0.4) is 0 Å². The van der Waals surface area contributed by atoms with Crippen LogP contribution in [0.5, 0.6) is 0 Å². The zero-order valence-electron chi connectivity index (χ0n) is 18.4. The number of likely N-dealkylation sites (tertiary alicyclic amines) is 1. The highest BCUT2D eigenvalue weighted by Gasteiger charge is 2.28. The van der Waals surface area contributed by atoms with Crippen molar-refractivity contribution in [2.75, 3.05) is 13.1 Å². The van der Waals surface area contributed by atoms with E-state index in [1.807, 2.05) is 36.9 Å². The first kappa shape index (κ1) is 21.9. The number of nitrogens with zero attached hydrogens (tertiary/aromatic N) is 2. The molecule has 0 aliphatic carbocycles. The van der Waals surface area contributed by atoms with Gasteiger partial charge in [-0.15, -0.1) is 0 Å². The Kier molecular flexibility index (Phi) is 6.49. The van der Waals surface area contributed by atoms with Gasteiger partial charge in [-0.3, -0.25) is 9.59 Å². The number of hydrogen-bond acceptors (Lipinski definition) is 4. The Bertz CT molecular complexity index is 1110. The minimum absolute atomic E-state index is 0.0366. The minimum Gasteiger partial charge on any atom is -0.441 e. The molecule has 5 nitrogen and oxygen atoms in total. The van der Waals surface area contributed by atoms with Crippen LogP contribution in [0.1, 0.15) is 46.6 Å². The second-order valence-corrected chi connectivity index (χ2v) is 8.46. The number of aryl methyl sites for hydroxylation is 3. The van der Waals surface area contributed by atoms with Crippen molar-refractivity contribution >= 4 is 11.7 Å². The molecule has 1 amide bonds. The van der Waals surface area contributed by atoms with Gasteiger partial charge in [0.2, 0.25) is 5.91 Å². The molecule has 0 radical (unpaired) electrons. The van der Waals surface area contributed by atoms with Crippen LogP contribution in [0.4, 0.5) is 4.39 Å². The number of rotatable bonds is 6. The molecule has 1 fully saturated rings. The van der Waals surface area contributed by atoms with Crippen molar-refractivity contribution < 1.29 is 18.4 Å². The third-order valence-corrected chi connectivity index (χ3v) is 6.10. The summed E-state index contributed by atoms with van der Waals surface area (Å²) in [6, 6.07) is 11.9. The van der Waals surface area contributed by atoms with Crippen LogP contribution in [0.25, 0.3) is 11.3 Å². The second-order valence-electron chi connectivity index (χ2n) is 8.46. The molecule has 0 N–H and O–H groups in total. The lowest BCUT2D eigenvalue weighted by Gasteiger charge is -2.31. The van der Waals surface area contributed by atoms with E-state index >= 15 is 0 Å². The Morgan fingerprint density at radius 2 is 1.81 bits per heavy atom. The summed E-state index contributed by atoms with van der Waals surface area (Å²) < 4.78 is 18.8. The van der Waals surface area contributed by atoms with Gasteiger partial charge >= 0.3 is 0 Å². The molecule has 0 atom stereocenters. The number of aromatic nitrogens is 1. The van der Waals surface area contributed by atoms with Crippen LogP contribution in [0.15, 0.2) is 53.1 Å². The van der Waals surface area contributed by atoms with Crippen molar-refractivity contribution in [2.45, 2.75) is 39.5 Å². The smallest absolute Gasteiger partial charge is 0.223 e. The van der Waals surface area contributed by atoms with Gasteiger partial charge in [0.15, 0.2) is 17.4 Å². The summed E-state index contributed by atoms with van der Waals surface area (Å²) in [4.78, 5) is 31.6. The Balaban J connectivity index is 1.28. The number of carbonyl (C=O) groups excluding carboxylic acids is 2. The van der Waals surface area contributed by atoms with E-state index in [4.69, 9.17) is 4.42 Å². The first-order chi connectivity index (χ1) is 15.4. The SMILES string of the molecule is Cc1ccc(C(=O)C2CCN(C(=O)CCc3ncc(-c4ccc(F)cc4)o3)CC2)c(C)c1. The molecule has 1 aliphatic rings. The quantitative estimate of drug-likeness (QED) is 0.503. The third kappa shape index (κ3) is 4.96. The van der Waals surface area contributed by atoms with Crippen LogP contribution >= 0.6 is 0 Å². The van der Waals surface area contributed by atoms with E-state index in [-0.39, 0.29) is 23.4 Å². The Morgan fingerprint density at radius 1 is 1.09 bits per heavy atom. The fraction of sp³-hybridized carbons (Fsp3) is 0.346. The number of carbonyl (C=O) groups is 2. The fourth-order valence-corrected chi connectivity index (χ4v) is 4.25. The molecule has 166 valence electrons. The number of benzene rings is 2. The van der Waals surface area contributed by atoms with Gasteiger partial charge in [0.25, 0.3) is 0 Å². The summed E-state index contributed by atoms with van der Waals surface area (Å²) in [6.07, 6.45) is 3.68. The maximum absolute atomic E-state index is 13.1. The highest BCUT2D eigenvalue weighted by atomic mass is 19.1. The molecule has 6 heteroatoms. The Morgan fingerprint density at radius 3 is 2.50 bits per heavy atom. The second kappa shape index (κ2) is 9.47. The number of halogens is 1. The monoisotopic (exact) mass is 434 g/mol. The van der Waals surface area contributed by atoms with Crippen LogP contribution < -0.4 is 0 Å². The summed E-state index contributed by atoms with van der Waals surface area (Å²) in [5, 5.41) is 0. The van der Waals surface area contributed by atoms with E-state index in [1.165, 1.54) is 12.1 Å². The minimum atomic E-state index is -0.307. The van der Waals surface area contributed by atoms with Crippen LogP contribution in [-0.4, -0.2) is 34.7 Å². The maximum atomic E-state index is 13.1. The molecule has 3 aromatic rings. The topological polar surface area (TPSA) is 63.4 Å². The van der Waals surface area contributed by atoms with E-state index in [1.54, 1.807) is 18.3 Å². The number of hydrogen-bond donors (Lipinski definition) is 0. The molecular formula is C26H27FN2O3. The van der Waals surface area contributed by atoms with Crippen molar-refractivity contribution in [3.05, 3.63) is 77.1 Å². The first-order valence-electron chi connectivity index (χ1n) is 11.0. The van der Waals surface area contributed by atoms with Crippen molar-refractivity contribution in [2.24, 2.45) is 5.92 Å². The van der Waals surface area contributed by atoms with Gasteiger partial charge in [-0.05, 0) is 56.5 Å². The third-order valence-electron chi connectivity index (χ3n) is 6.10. The summed E-state index contributed by atoms with van der Waals surface area (Å²) in [7, 11) is 0. The van der Waals surface area contributed by atoms with Crippen molar-refractivity contribution in [3.8, 4) is 11.3 Å². The number of piperidine rings is 1. The van der Waals surface area contributed by atoms with Crippen LogP contribution in [0, 0.1) is 25.6 Å². The number of amides is 1. The Labute approximate surface area is 187 Å². The van der Waals surface area contributed by atoms with Crippen LogP contribution in [0.2, 0.25) is 0 Å². The summed E-state index contributed by atoms with van der Waals surface area (Å²) >= 11 is 0. The van der Waals surface area contributed by atoms with Gasteiger partial charge in [0, 0.05) is 43.0 Å². The molecule has 1 saturated heterocycles. The predicted molar refractivity (Wildman–Crippen MR) is 120 cm³/mol. The molecule has 0 saturated carbocycles. The lowest BCUT2D eigenvalue weighted by Crippen LogP contribution is -2.40. The number of ketones is 1. The lowest BCUT2D eigenvalue weighted by atomic mass is 9.87. The molecule has 32 heavy (non-hydrogen) atoms. The zero-order valence-corrected chi connectivity index (χ0v) is 18.4. The summed E-state index contributed by atoms with van der Waals surface area (Å²) in [5.41, 5.74) is 3.70. The number of oxazole rings is 1.